The maximum absolute atomic E-state index is 10.1. The lowest BCUT2D eigenvalue weighted by molar-refractivity contribution is -0.145. The van der Waals surface area contributed by atoms with Crippen molar-refractivity contribution in [2.75, 3.05) is 13.2 Å². The molecule has 16 heavy (non-hydrogen) atoms. The van der Waals surface area contributed by atoms with Crippen molar-refractivity contribution in [1.82, 2.24) is 0 Å². The van der Waals surface area contributed by atoms with Crippen LogP contribution in [0.15, 0.2) is 0 Å². The summed E-state index contributed by atoms with van der Waals surface area (Å²) in [5.41, 5.74) is 0. The highest BCUT2D eigenvalue weighted by Gasteiger charge is 1.94. The van der Waals surface area contributed by atoms with E-state index in [4.69, 9.17) is 0 Å². The highest BCUT2D eigenvalue weighted by atomic mass is 16.5. The van der Waals surface area contributed by atoms with Crippen molar-refractivity contribution in [3.8, 4) is 0 Å². The van der Waals surface area contributed by atoms with Gasteiger partial charge in [0.1, 0.15) is 13.2 Å². The van der Waals surface area contributed by atoms with Gasteiger partial charge in [-0.2, -0.15) is 0 Å². The van der Waals surface area contributed by atoms with Crippen LogP contribution in [0.1, 0.15) is 27.7 Å². The Bertz CT molecular complexity index is 212. The largest absolute Gasteiger partial charge is 0.458 e. The molecule has 0 N–H and O–H groups in total. The molecule has 0 aromatic heterocycles. The van der Waals surface area contributed by atoms with E-state index in [9.17, 15) is 19.2 Å². The van der Waals surface area contributed by atoms with Gasteiger partial charge < -0.3 is 9.47 Å². The number of rotatable bonds is 4. The van der Waals surface area contributed by atoms with Gasteiger partial charge in [-0.05, 0) is 13.8 Å². The standard InChI is InChI=1S/2C5H8O3/c2*1-4(6)3-8-5(2)7/h2*3H2,1-2H3. The van der Waals surface area contributed by atoms with E-state index >= 15 is 0 Å². The first-order valence-corrected chi connectivity index (χ1v) is 4.51. The molecule has 0 heterocycles. The molecule has 0 aromatic rings. The predicted octanol–water partition coefficient (Wildman–Crippen LogP) is 0.277. The van der Waals surface area contributed by atoms with Crippen LogP contribution in [0.5, 0.6) is 0 Å². The Morgan fingerprint density at radius 1 is 0.688 bits per heavy atom. The molecule has 0 aromatic carbocycles. The third kappa shape index (κ3) is 22.8. The minimum atomic E-state index is -0.416. The molecule has 0 unspecified atom stereocenters. The topological polar surface area (TPSA) is 86.7 Å². The van der Waals surface area contributed by atoms with Crippen LogP contribution in [0.2, 0.25) is 0 Å². The van der Waals surface area contributed by atoms with E-state index in [1.54, 1.807) is 0 Å². The van der Waals surface area contributed by atoms with E-state index in [1.165, 1.54) is 27.7 Å². The zero-order valence-electron chi connectivity index (χ0n) is 9.86. The third-order valence-corrected chi connectivity index (χ3v) is 0.957. The fourth-order valence-electron chi connectivity index (χ4n) is 0.407. The number of esters is 2. The van der Waals surface area contributed by atoms with Gasteiger partial charge in [0.2, 0.25) is 0 Å². The second-order valence-electron chi connectivity index (χ2n) is 2.96. The van der Waals surface area contributed by atoms with Crippen LogP contribution < -0.4 is 0 Å². The smallest absolute Gasteiger partial charge is 0.303 e. The zero-order valence-corrected chi connectivity index (χ0v) is 9.86. The van der Waals surface area contributed by atoms with Gasteiger partial charge in [-0.3, -0.25) is 19.2 Å². The lowest BCUT2D eigenvalue weighted by Crippen LogP contribution is -2.07. The molecule has 0 aliphatic rings. The van der Waals surface area contributed by atoms with Crippen molar-refractivity contribution in [3.63, 3.8) is 0 Å². The van der Waals surface area contributed by atoms with Crippen LogP contribution in [0.25, 0.3) is 0 Å². The van der Waals surface area contributed by atoms with E-state index in [1.807, 2.05) is 0 Å². The molecule has 92 valence electrons. The Labute approximate surface area is 93.9 Å². The summed E-state index contributed by atoms with van der Waals surface area (Å²) >= 11 is 0. The van der Waals surface area contributed by atoms with Gasteiger partial charge in [-0.15, -0.1) is 0 Å². The first-order chi connectivity index (χ1) is 7.25. The maximum Gasteiger partial charge on any atom is 0.303 e. The van der Waals surface area contributed by atoms with Gasteiger partial charge in [-0.1, -0.05) is 0 Å². The molecule has 0 bridgehead atoms. The van der Waals surface area contributed by atoms with Crippen LogP contribution in [0.4, 0.5) is 0 Å². The maximum atomic E-state index is 10.1. The Morgan fingerprint density at radius 2 is 0.938 bits per heavy atom. The summed E-state index contributed by atoms with van der Waals surface area (Å²) in [7, 11) is 0. The van der Waals surface area contributed by atoms with Gasteiger partial charge >= 0.3 is 11.9 Å². The first-order valence-electron chi connectivity index (χ1n) is 4.51. The second-order valence-corrected chi connectivity index (χ2v) is 2.96. The molecule has 0 saturated carbocycles. The normalized spacial score (nSPS) is 8.25. The quantitative estimate of drug-likeness (QED) is 0.647. The summed E-state index contributed by atoms with van der Waals surface area (Å²) in [4.78, 5) is 40.1. The van der Waals surface area contributed by atoms with E-state index in [0.717, 1.165) is 0 Å². The summed E-state index contributed by atoms with van der Waals surface area (Å²) in [5, 5.41) is 0. The molecule has 0 atom stereocenters. The number of ketones is 2. The van der Waals surface area contributed by atoms with Crippen molar-refractivity contribution in [2.45, 2.75) is 27.7 Å². The Hall–Kier alpha value is -1.72. The highest BCUT2D eigenvalue weighted by Crippen LogP contribution is 1.76. The average Bonchev–Trinajstić information content (AvgIpc) is 2.12. The molecular weight excluding hydrogens is 216 g/mol. The minimum absolute atomic E-state index is 0.102. The van der Waals surface area contributed by atoms with Gasteiger partial charge in [0.05, 0.1) is 0 Å². The van der Waals surface area contributed by atoms with Crippen LogP contribution in [0.3, 0.4) is 0 Å². The summed E-state index contributed by atoms with van der Waals surface area (Å²) in [5.74, 6) is -1.11. The molecule has 0 aliphatic carbocycles. The van der Waals surface area contributed by atoms with Crippen molar-refractivity contribution >= 4 is 23.5 Å². The van der Waals surface area contributed by atoms with E-state index in [-0.39, 0.29) is 24.8 Å². The molecule has 6 heteroatoms. The Kier molecular flexibility index (Phi) is 10.3. The van der Waals surface area contributed by atoms with Gasteiger partial charge in [0, 0.05) is 13.8 Å². The lowest BCUT2D eigenvalue weighted by atomic mass is 10.5. The molecule has 0 rings (SSSR count). The third-order valence-electron chi connectivity index (χ3n) is 0.957. The van der Waals surface area contributed by atoms with Crippen LogP contribution in [0, 0.1) is 0 Å². The molecule has 0 saturated heterocycles. The molecule has 6 nitrogen and oxygen atoms in total. The van der Waals surface area contributed by atoms with Crippen molar-refractivity contribution < 1.29 is 28.7 Å². The number of ether oxygens (including phenoxy) is 2. The molecule has 0 aliphatic heterocycles. The van der Waals surface area contributed by atoms with Gasteiger partial charge in [0.25, 0.3) is 0 Å². The van der Waals surface area contributed by atoms with Gasteiger partial charge in [0.15, 0.2) is 11.6 Å². The van der Waals surface area contributed by atoms with Crippen LogP contribution in [-0.2, 0) is 28.7 Å². The molecule has 0 amide bonds. The summed E-state index contributed by atoms with van der Waals surface area (Å²) in [6.07, 6.45) is 0. The van der Waals surface area contributed by atoms with E-state index in [2.05, 4.69) is 9.47 Å². The monoisotopic (exact) mass is 232 g/mol. The van der Waals surface area contributed by atoms with Crippen molar-refractivity contribution in [2.24, 2.45) is 0 Å². The molecule has 0 fully saturated rings. The Morgan fingerprint density at radius 3 is 1.00 bits per heavy atom. The predicted molar refractivity (Wildman–Crippen MR) is 54.6 cm³/mol. The minimum Gasteiger partial charge on any atom is -0.458 e. The summed E-state index contributed by atoms with van der Waals surface area (Å²) in [6, 6.07) is 0. The Balaban J connectivity index is 0. The molecule has 0 radical (unpaired) electrons. The van der Waals surface area contributed by atoms with E-state index < -0.39 is 11.9 Å². The number of carbonyl (C=O) groups is 4. The van der Waals surface area contributed by atoms with Crippen LogP contribution in [-0.4, -0.2) is 36.7 Å². The number of hydrogen-bond acceptors (Lipinski definition) is 6. The fourth-order valence-corrected chi connectivity index (χ4v) is 0.407. The second kappa shape index (κ2) is 9.82. The lowest BCUT2D eigenvalue weighted by Gasteiger charge is -1.93. The van der Waals surface area contributed by atoms with E-state index in [0.29, 0.717) is 0 Å². The van der Waals surface area contributed by atoms with Crippen LogP contribution >= 0.6 is 0 Å². The SMILES string of the molecule is CC(=O)COC(C)=O.CC(=O)COC(C)=O. The summed E-state index contributed by atoms with van der Waals surface area (Å²) in [6.45, 7) is 5.06. The fraction of sp³-hybridized carbons (Fsp3) is 0.600. The van der Waals surface area contributed by atoms with Crippen molar-refractivity contribution in [1.29, 1.82) is 0 Å². The first kappa shape index (κ1) is 16.7. The highest BCUT2D eigenvalue weighted by molar-refractivity contribution is 5.79. The number of carbonyl (C=O) groups excluding carboxylic acids is 4. The average molecular weight is 232 g/mol. The molecular formula is C10H16O6. The summed E-state index contributed by atoms with van der Waals surface area (Å²) < 4.78 is 8.63. The zero-order chi connectivity index (χ0) is 13.1. The number of Topliss-reactive ketones (excluding diaryl/α,β-unsaturated/α-hetero) is 2. The van der Waals surface area contributed by atoms with Crippen molar-refractivity contribution in [3.05, 3.63) is 0 Å². The number of hydrogen-bond donors (Lipinski definition) is 0. The molecule has 0 spiro atoms. The van der Waals surface area contributed by atoms with Gasteiger partial charge in [-0.25, -0.2) is 0 Å².